The molecule has 184 valence electrons. The molecule has 0 unspecified atom stereocenters. The van der Waals surface area contributed by atoms with Gasteiger partial charge in [-0.2, -0.15) is 13.2 Å². The normalized spacial score (nSPS) is 18.2. The first-order valence-electron chi connectivity index (χ1n) is 11.1. The van der Waals surface area contributed by atoms with Crippen LogP contribution in [0.3, 0.4) is 0 Å². The number of hydrogen-bond acceptors (Lipinski definition) is 5. The summed E-state index contributed by atoms with van der Waals surface area (Å²) >= 11 is 6.07. The van der Waals surface area contributed by atoms with E-state index in [2.05, 4.69) is 20.4 Å². The lowest BCUT2D eigenvalue weighted by atomic mass is 9.90. The van der Waals surface area contributed by atoms with E-state index in [1.54, 1.807) is 18.2 Å². The molecule has 0 aliphatic heterocycles. The third kappa shape index (κ3) is 5.85. The SMILES string of the molecule is COC(=O)c1ccc(C(=O)NC2CCC(Nc3cc(C(F)(F)F)nc4ccc(Cl)cc34)CC2)cc1. The first kappa shape index (κ1) is 24.8. The van der Waals surface area contributed by atoms with Crippen LogP contribution < -0.4 is 10.6 Å². The number of nitrogens with zero attached hydrogens (tertiary/aromatic N) is 1. The monoisotopic (exact) mass is 505 g/mol. The topological polar surface area (TPSA) is 80.3 Å². The number of halogens is 4. The molecule has 0 saturated heterocycles. The summed E-state index contributed by atoms with van der Waals surface area (Å²) in [4.78, 5) is 27.9. The second-order valence-electron chi connectivity index (χ2n) is 8.45. The van der Waals surface area contributed by atoms with Gasteiger partial charge < -0.3 is 15.4 Å². The van der Waals surface area contributed by atoms with E-state index in [1.807, 2.05) is 0 Å². The Labute approximate surface area is 204 Å². The van der Waals surface area contributed by atoms with Crippen molar-refractivity contribution in [2.24, 2.45) is 0 Å². The summed E-state index contributed by atoms with van der Waals surface area (Å²) in [6, 6.07) is 11.7. The maximum Gasteiger partial charge on any atom is 0.433 e. The number of alkyl halides is 3. The molecule has 0 atom stereocenters. The van der Waals surface area contributed by atoms with Crippen LogP contribution in [0.2, 0.25) is 5.02 Å². The zero-order valence-electron chi connectivity index (χ0n) is 18.8. The Morgan fingerprint density at radius 3 is 2.23 bits per heavy atom. The van der Waals surface area contributed by atoms with Crippen molar-refractivity contribution >= 4 is 40.1 Å². The van der Waals surface area contributed by atoms with Gasteiger partial charge in [0.05, 0.1) is 18.2 Å². The second kappa shape index (κ2) is 10.1. The lowest BCUT2D eigenvalue weighted by molar-refractivity contribution is -0.140. The first-order chi connectivity index (χ1) is 16.6. The molecular formula is C25H23ClF3N3O3. The van der Waals surface area contributed by atoms with E-state index < -0.39 is 17.8 Å². The number of nitrogens with one attached hydrogen (secondary N) is 2. The largest absolute Gasteiger partial charge is 0.465 e. The molecule has 0 bridgehead atoms. The highest BCUT2D eigenvalue weighted by Crippen LogP contribution is 2.35. The number of ether oxygens (including phenoxy) is 1. The van der Waals surface area contributed by atoms with E-state index in [0.717, 1.165) is 6.07 Å². The Morgan fingerprint density at radius 1 is 0.971 bits per heavy atom. The fraction of sp³-hybridized carbons (Fsp3) is 0.320. The number of methoxy groups -OCH3 is 1. The van der Waals surface area contributed by atoms with Gasteiger partial charge in [0.25, 0.3) is 5.91 Å². The number of rotatable bonds is 5. The van der Waals surface area contributed by atoms with Crippen molar-refractivity contribution in [3.05, 3.63) is 70.4 Å². The number of hydrogen-bond donors (Lipinski definition) is 2. The molecule has 35 heavy (non-hydrogen) atoms. The number of aromatic nitrogens is 1. The van der Waals surface area contributed by atoms with Crippen LogP contribution in [0.1, 0.15) is 52.1 Å². The van der Waals surface area contributed by atoms with Crippen LogP contribution in [0.25, 0.3) is 10.9 Å². The van der Waals surface area contributed by atoms with Gasteiger partial charge in [-0.05, 0) is 74.2 Å². The van der Waals surface area contributed by atoms with Crippen LogP contribution in [-0.4, -0.2) is 36.1 Å². The minimum Gasteiger partial charge on any atom is -0.465 e. The molecule has 6 nitrogen and oxygen atoms in total. The molecular weight excluding hydrogens is 483 g/mol. The van der Waals surface area contributed by atoms with Crippen molar-refractivity contribution in [1.29, 1.82) is 0 Å². The molecule has 1 aliphatic rings. The molecule has 1 aliphatic carbocycles. The van der Waals surface area contributed by atoms with E-state index in [9.17, 15) is 22.8 Å². The van der Waals surface area contributed by atoms with E-state index in [0.29, 0.717) is 52.9 Å². The molecule has 2 aromatic carbocycles. The summed E-state index contributed by atoms with van der Waals surface area (Å²) in [5.74, 6) is -0.725. The predicted octanol–water partition coefficient (Wildman–Crippen LogP) is 5.85. The molecule has 0 radical (unpaired) electrons. The summed E-state index contributed by atoms with van der Waals surface area (Å²) in [7, 11) is 1.29. The smallest absolute Gasteiger partial charge is 0.433 e. The van der Waals surface area contributed by atoms with Gasteiger partial charge in [0.1, 0.15) is 5.69 Å². The molecule has 0 spiro atoms. The maximum atomic E-state index is 13.4. The number of carbonyl (C=O) groups is 2. The van der Waals surface area contributed by atoms with Gasteiger partial charge in [0.15, 0.2) is 0 Å². The number of esters is 1. The molecule has 1 aromatic heterocycles. The number of amides is 1. The van der Waals surface area contributed by atoms with Crippen LogP contribution >= 0.6 is 11.6 Å². The Hall–Kier alpha value is -3.33. The van der Waals surface area contributed by atoms with E-state index in [-0.39, 0.29) is 23.5 Å². The lowest BCUT2D eigenvalue weighted by Gasteiger charge is -2.30. The van der Waals surface area contributed by atoms with Gasteiger partial charge in [0.2, 0.25) is 0 Å². The average Bonchev–Trinajstić information content (AvgIpc) is 2.84. The minimum atomic E-state index is -4.57. The van der Waals surface area contributed by atoms with Crippen LogP contribution in [-0.2, 0) is 10.9 Å². The van der Waals surface area contributed by atoms with Gasteiger partial charge in [-0.3, -0.25) is 4.79 Å². The molecule has 4 rings (SSSR count). The highest BCUT2D eigenvalue weighted by Gasteiger charge is 2.34. The highest BCUT2D eigenvalue weighted by atomic mass is 35.5. The van der Waals surface area contributed by atoms with Crippen molar-refractivity contribution in [2.75, 3.05) is 12.4 Å². The number of anilines is 1. The Kier molecular flexibility index (Phi) is 7.16. The quantitative estimate of drug-likeness (QED) is 0.425. The summed E-state index contributed by atoms with van der Waals surface area (Å²) < 4.78 is 44.8. The number of pyridine rings is 1. The second-order valence-corrected chi connectivity index (χ2v) is 8.89. The zero-order chi connectivity index (χ0) is 25.2. The minimum absolute atomic E-state index is 0.0600. The van der Waals surface area contributed by atoms with Gasteiger partial charge in [-0.15, -0.1) is 0 Å². The van der Waals surface area contributed by atoms with Crippen molar-refractivity contribution in [2.45, 2.75) is 43.9 Å². The third-order valence-corrected chi connectivity index (χ3v) is 6.29. The fourth-order valence-electron chi connectivity index (χ4n) is 4.21. The molecule has 2 N–H and O–H groups in total. The standard InChI is InChI=1S/C25H23ClF3N3O3/c1-35-24(34)15-4-2-14(3-5-15)23(33)31-18-9-7-17(8-10-18)30-21-13-22(25(27,28)29)32-20-11-6-16(26)12-19(20)21/h2-6,11-13,17-18H,7-10H2,1H3,(H,30,32)(H,31,33). The highest BCUT2D eigenvalue weighted by molar-refractivity contribution is 6.31. The molecule has 1 amide bonds. The Morgan fingerprint density at radius 2 is 1.60 bits per heavy atom. The Bertz CT molecular complexity index is 1240. The molecule has 1 fully saturated rings. The summed E-state index contributed by atoms with van der Waals surface area (Å²) in [5.41, 5.74) is 0.370. The Balaban J connectivity index is 1.40. The maximum absolute atomic E-state index is 13.4. The molecule has 3 aromatic rings. The van der Waals surface area contributed by atoms with Gasteiger partial charge >= 0.3 is 12.1 Å². The van der Waals surface area contributed by atoms with Gasteiger partial charge in [-0.1, -0.05) is 11.6 Å². The van der Waals surface area contributed by atoms with E-state index in [4.69, 9.17) is 11.6 Å². The summed E-state index contributed by atoms with van der Waals surface area (Å²) in [5, 5.41) is 7.16. The van der Waals surface area contributed by atoms with Crippen LogP contribution in [0.5, 0.6) is 0 Å². The van der Waals surface area contributed by atoms with Crippen LogP contribution in [0.15, 0.2) is 48.5 Å². The van der Waals surface area contributed by atoms with Crippen molar-refractivity contribution in [3.63, 3.8) is 0 Å². The van der Waals surface area contributed by atoms with E-state index >= 15 is 0 Å². The summed E-state index contributed by atoms with van der Waals surface area (Å²) in [6.45, 7) is 0. The van der Waals surface area contributed by atoms with E-state index in [1.165, 1.54) is 31.4 Å². The third-order valence-electron chi connectivity index (χ3n) is 6.05. The first-order valence-corrected chi connectivity index (χ1v) is 11.4. The molecule has 1 heterocycles. The zero-order valence-corrected chi connectivity index (χ0v) is 19.5. The van der Waals surface area contributed by atoms with Crippen LogP contribution in [0.4, 0.5) is 18.9 Å². The van der Waals surface area contributed by atoms with Crippen molar-refractivity contribution in [3.8, 4) is 0 Å². The average molecular weight is 506 g/mol. The molecule has 10 heteroatoms. The van der Waals surface area contributed by atoms with Crippen LogP contribution in [0, 0.1) is 0 Å². The van der Waals surface area contributed by atoms with Crippen molar-refractivity contribution < 1.29 is 27.5 Å². The fourth-order valence-corrected chi connectivity index (χ4v) is 4.38. The van der Waals surface area contributed by atoms with Crippen molar-refractivity contribution in [1.82, 2.24) is 10.3 Å². The van der Waals surface area contributed by atoms with Gasteiger partial charge in [-0.25, -0.2) is 9.78 Å². The predicted molar refractivity (Wildman–Crippen MR) is 127 cm³/mol. The molecule has 1 saturated carbocycles. The lowest BCUT2D eigenvalue weighted by Crippen LogP contribution is -2.40. The number of carbonyl (C=O) groups excluding carboxylic acids is 2. The number of fused-ring (bicyclic) bond motifs is 1. The number of benzene rings is 2. The van der Waals surface area contributed by atoms with Gasteiger partial charge in [0, 0.05) is 33.7 Å². The summed E-state index contributed by atoms with van der Waals surface area (Å²) in [6.07, 6.45) is -1.91.